The summed E-state index contributed by atoms with van der Waals surface area (Å²) in [4.78, 5) is 1.55. The van der Waals surface area contributed by atoms with Crippen molar-refractivity contribution < 1.29 is 8.42 Å². The van der Waals surface area contributed by atoms with Crippen molar-refractivity contribution in [3.8, 4) is 0 Å². The fourth-order valence-electron chi connectivity index (χ4n) is 0.145. The number of hydrogen-bond acceptors (Lipinski definition) is 2. The van der Waals surface area contributed by atoms with Gasteiger partial charge in [0.25, 0.3) is 0 Å². The van der Waals surface area contributed by atoms with Crippen LogP contribution in [0.4, 0.5) is 0 Å². The van der Waals surface area contributed by atoms with Gasteiger partial charge in [0.15, 0.2) is 0 Å². The highest BCUT2D eigenvalue weighted by molar-refractivity contribution is 7.71. The molecule has 0 aliphatic rings. The monoisotopic (exact) mass is 136 g/mol. The summed E-state index contributed by atoms with van der Waals surface area (Å²) in [6.45, 7) is 0. The Morgan fingerprint density at radius 2 is 2.00 bits per heavy atom. The third kappa shape index (κ3) is 5.42. The Hall–Kier alpha value is -0.580. The summed E-state index contributed by atoms with van der Waals surface area (Å²) in [5, 5.41) is 0. The van der Waals surface area contributed by atoms with E-state index in [0.29, 0.717) is 0 Å². The van der Waals surface area contributed by atoms with Gasteiger partial charge in [0.05, 0.1) is 0 Å². The van der Waals surface area contributed by atoms with E-state index in [9.17, 15) is 8.42 Å². The van der Waals surface area contributed by atoms with Crippen molar-refractivity contribution in [2.24, 2.45) is 4.40 Å². The summed E-state index contributed by atoms with van der Waals surface area (Å²) in [6.07, 6.45) is 1.23. The molecule has 0 spiro atoms. The molecule has 0 aromatic heterocycles. The molecule has 0 heterocycles. The highest BCUT2D eigenvalue weighted by atomic mass is 32.2. The number of thiol groups is 1. The zero-order valence-electron chi connectivity index (χ0n) is 4.74. The van der Waals surface area contributed by atoms with Crippen LogP contribution in [0.5, 0.6) is 0 Å². The van der Waals surface area contributed by atoms with Gasteiger partial charge < -0.3 is 4.90 Å². The van der Waals surface area contributed by atoms with Crippen LogP contribution in [0.15, 0.2) is 4.40 Å². The van der Waals surface area contributed by atoms with Crippen molar-refractivity contribution in [1.29, 1.82) is 0 Å². The number of rotatable bonds is 2. The molecule has 0 saturated heterocycles. The molecule has 0 bridgehead atoms. The molecule has 0 rings (SSSR count). The topological polar surface area (TPSA) is 49.7 Å². The lowest BCUT2D eigenvalue weighted by atomic mass is 11.0. The summed E-state index contributed by atoms with van der Waals surface area (Å²) >= 11 is 0. The first kappa shape index (κ1) is 7.42. The van der Waals surface area contributed by atoms with E-state index in [4.69, 9.17) is 0 Å². The zero-order chi connectivity index (χ0) is 6.57. The van der Waals surface area contributed by atoms with Gasteiger partial charge in [0.1, 0.15) is 6.34 Å². The molecule has 0 atom stereocenters. The highest BCUT2D eigenvalue weighted by Crippen LogP contribution is 1.66. The fraction of sp³-hybridized carbons (Fsp3) is 0.667. The maximum atomic E-state index is 9.72. The van der Waals surface area contributed by atoms with Gasteiger partial charge in [-0.05, 0) is 0 Å². The Bertz CT molecular complexity index is 141. The van der Waals surface area contributed by atoms with Crippen LogP contribution in [0, 0.1) is 0 Å². The largest absolute Gasteiger partial charge is 0.368 e. The molecule has 0 amide bonds. The van der Waals surface area contributed by atoms with Crippen LogP contribution in [-0.2, 0) is 10.9 Å². The van der Waals surface area contributed by atoms with Crippen molar-refractivity contribution in [2.45, 2.75) is 0 Å². The van der Waals surface area contributed by atoms with Crippen molar-refractivity contribution in [3.05, 3.63) is 0 Å². The molecule has 5 heteroatoms. The van der Waals surface area contributed by atoms with E-state index >= 15 is 0 Å². The molecule has 0 saturated carbocycles. The normalized spacial score (nSPS) is 10.9. The molecule has 0 aliphatic carbocycles. The van der Waals surface area contributed by atoms with Gasteiger partial charge in [-0.1, -0.05) is 0 Å². The first-order chi connectivity index (χ1) is 3.63. The summed E-state index contributed by atoms with van der Waals surface area (Å²) < 4.78 is 22.5. The Kier molecular flexibility index (Phi) is 3.18. The summed E-state index contributed by atoms with van der Waals surface area (Å²) in [5.41, 5.74) is 0. The molecule has 0 fully saturated rings. The van der Waals surface area contributed by atoms with Gasteiger partial charge in [-0.2, -0.15) is 4.40 Å². The van der Waals surface area contributed by atoms with E-state index in [1.807, 2.05) is 0 Å². The third-order valence-corrected chi connectivity index (χ3v) is 0.669. The number of hydrogen-bond donors (Lipinski definition) is 1. The third-order valence-electron chi connectivity index (χ3n) is 0.377. The van der Waals surface area contributed by atoms with Crippen molar-refractivity contribution in [1.82, 2.24) is 4.90 Å². The summed E-state index contributed by atoms with van der Waals surface area (Å²) in [6, 6.07) is 0. The molecular formula is C3H8N2O2S. The van der Waals surface area contributed by atoms with Crippen LogP contribution in [0.1, 0.15) is 0 Å². The lowest BCUT2D eigenvalue weighted by Crippen LogP contribution is -2.07. The molecular weight excluding hydrogens is 128 g/mol. The van der Waals surface area contributed by atoms with Gasteiger partial charge >= 0.3 is 0 Å². The molecule has 0 N–H and O–H groups in total. The molecule has 8 heavy (non-hydrogen) atoms. The van der Waals surface area contributed by atoms with Crippen molar-refractivity contribution in [3.63, 3.8) is 0 Å². The van der Waals surface area contributed by atoms with Gasteiger partial charge in [0, 0.05) is 14.1 Å². The molecule has 48 valence electrons. The maximum Gasteiger partial charge on any atom is 0.244 e. The zero-order valence-corrected chi connectivity index (χ0v) is 5.63. The van der Waals surface area contributed by atoms with E-state index in [0.717, 1.165) is 0 Å². The Morgan fingerprint density at radius 3 is 2.12 bits per heavy atom. The van der Waals surface area contributed by atoms with E-state index in [2.05, 4.69) is 4.40 Å². The van der Waals surface area contributed by atoms with Crippen LogP contribution >= 0.6 is 0 Å². The molecule has 0 aromatic rings. The van der Waals surface area contributed by atoms with Crippen molar-refractivity contribution >= 4 is 17.2 Å². The summed E-state index contributed by atoms with van der Waals surface area (Å²) in [7, 11) is 0.788. The van der Waals surface area contributed by atoms with Gasteiger partial charge in [-0.3, -0.25) is 0 Å². The predicted molar refractivity (Wildman–Crippen MR) is 32.5 cm³/mol. The Morgan fingerprint density at radius 1 is 1.50 bits per heavy atom. The molecule has 4 nitrogen and oxygen atoms in total. The quantitative estimate of drug-likeness (QED) is 0.304. The summed E-state index contributed by atoms with van der Waals surface area (Å²) in [5.74, 6) is 0. The molecule has 0 aromatic carbocycles. The standard InChI is InChI=1S/C3H8N2O2S/c1-5(2)3-4-8(6)7/h3,8H,1-2H3. The minimum absolute atomic E-state index is 1.23. The SMILES string of the molecule is CN(C)C=N[SH](=O)=O. The first-order valence-corrected chi connectivity index (χ1v) is 3.11. The van der Waals surface area contributed by atoms with Crippen LogP contribution in [0.25, 0.3) is 0 Å². The maximum absolute atomic E-state index is 9.72. The predicted octanol–water partition coefficient (Wildman–Crippen LogP) is -0.897. The van der Waals surface area contributed by atoms with Crippen molar-refractivity contribution in [2.75, 3.05) is 14.1 Å². The van der Waals surface area contributed by atoms with Crippen LogP contribution in [-0.4, -0.2) is 33.8 Å². The van der Waals surface area contributed by atoms with E-state index in [1.54, 1.807) is 19.0 Å². The lowest BCUT2D eigenvalue weighted by molar-refractivity contribution is 0.612. The average molecular weight is 136 g/mol. The minimum atomic E-state index is -2.61. The first-order valence-electron chi connectivity index (χ1n) is 1.98. The average Bonchev–Trinajstić information content (AvgIpc) is 1.61. The minimum Gasteiger partial charge on any atom is -0.368 e. The second-order valence-electron chi connectivity index (χ2n) is 1.43. The van der Waals surface area contributed by atoms with Gasteiger partial charge in [-0.25, -0.2) is 8.42 Å². The van der Waals surface area contributed by atoms with Gasteiger partial charge in [0.2, 0.25) is 10.9 Å². The Labute approximate surface area is 49.9 Å². The second kappa shape index (κ2) is 3.43. The Balaban J connectivity index is 3.67. The lowest BCUT2D eigenvalue weighted by Gasteiger charge is -1.98. The van der Waals surface area contributed by atoms with E-state index in [1.165, 1.54) is 6.34 Å². The molecule has 0 radical (unpaired) electrons. The smallest absolute Gasteiger partial charge is 0.244 e. The van der Waals surface area contributed by atoms with Crippen LogP contribution in [0.2, 0.25) is 0 Å². The second-order valence-corrected chi connectivity index (χ2v) is 2.14. The van der Waals surface area contributed by atoms with Gasteiger partial charge in [-0.15, -0.1) is 0 Å². The molecule has 0 aliphatic heterocycles. The van der Waals surface area contributed by atoms with Crippen LogP contribution < -0.4 is 0 Å². The molecule has 0 unspecified atom stereocenters. The van der Waals surface area contributed by atoms with Crippen LogP contribution in [0.3, 0.4) is 0 Å². The number of nitrogens with zero attached hydrogens (tertiary/aromatic N) is 2. The van der Waals surface area contributed by atoms with E-state index in [-0.39, 0.29) is 0 Å². The fourth-order valence-corrected chi connectivity index (χ4v) is 0.436. The highest BCUT2D eigenvalue weighted by Gasteiger charge is 1.74. The van der Waals surface area contributed by atoms with E-state index < -0.39 is 10.9 Å².